The summed E-state index contributed by atoms with van der Waals surface area (Å²) >= 11 is 3.31. The summed E-state index contributed by atoms with van der Waals surface area (Å²) in [6.45, 7) is 1.41. The highest BCUT2D eigenvalue weighted by atomic mass is 79.9. The molecule has 0 aromatic heterocycles. The lowest BCUT2D eigenvalue weighted by molar-refractivity contribution is 0.281. The molecule has 0 saturated carbocycles. The molecule has 0 amide bonds. The Balaban J connectivity index is 1.98. The predicted molar refractivity (Wildman–Crippen MR) is 85.3 cm³/mol. The quantitative estimate of drug-likeness (QED) is 0.748. The van der Waals surface area contributed by atoms with Gasteiger partial charge in [0, 0.05) is 13.1 Å². The van der Waals surface area contributed by atoms with Gasteiger partial charge in [0.25, 0.3) is 0 Å². The summed E-state index contributed by atoms with van der Waals surface area (Å²) in [6, 6.07) is 11.5. The Morgan fingerprint density at radius 3 is 2.52 bits per heavy atom. The minimum Gasteiger partial charge on any atom is -0.503 e. The SMILES string of the molecule is COc1cc(CNCc2cccc(CO)c2)cc(Br)c1O. The van der Waals surface area contributed by atoms with E-state index in [1.807, 2.05) is 30.3 Å². The second kappa shape index (κ2) is 7.45. The number of phenols is 1. The van der Waals surface area contributed by atoms with Crippen molar-refractivity contribution in [2.75, 3.05) is 7.11 Å². The zero-order chi connectivity index (χ0) is 15.2. The second-order valence-corrected chi connectivity index (χ2v) is 5.56. The van der Waals surface area contributed by atoms with Crippen molar-refractivity contribution in [2.45, 2.75) is 19.7 Å². The Kier molecular flexibility index (Phi) is 5.61. The smallest absolute Gasteiger partial charge is 0.172 e. The number of ether oxygens (including phenoxy) is 1. The van der Waals surface area contributed by atoms with Gasteiger partial charge in [0.1, 0.15) is 0 Å². The van der Waals surface area contributed by atoms with Crippen molar-refractivity contribution in [3.8, 4) is 11.5 Å². The van der Waals surface area contributed by atoms with Gasteiger partial charge >= 0.3 is 0 Å². The summed E-state index contributed by atoms with van der Waals surface area (Å²) in [6.07, 6.45) is 0. The van der Waals surface area contributed by atoms with Gasteiger partial charge in [0.2, 0.25) is 0 Å². The Morgan fingerprint density at radius 1 is 1.10 bits per heavy atom. The van der Waals surface area contributed by atoms with Gasteiger partial charge in [-0.25, -0.2) is 0 Å². The van der Waals surface area contributed by atoms with Crippen molar-refractivity contribution in [2.24, 2.45) is 0 Å². The maximum Gasteiger partial charge on any atom is 0.172 e. The molecule has 0 heterocycles. The number of nitrogens with one attached hydrogen (secondary N) is 1. The van der Waals surface area contributed by atoms with Gasteiger partial charge in [-0.1, -0.05) is 24.3 Å². The molecule has 2 aromatic rings. The van der Waals surface area contributed by atoms with Gasteiger partial charge < -0.3 is 20.3 Å². The molecule has 0 radical (unpaired) electrons. The van der Waals surface area contributed by atoms with Crippen LogP contribution in [0.25, 0.3) is 0 Å². The van der Waals surface area contributed by atoms with Crippen molar-refractivity contribution in [3.05, 3.63) is 57.6 Å². The predicted octanol–water partition coefficient (Wildman–Crippen LogP) is 2.95. The molecule has 0 atom stereocenters. The minimum atomic E-state index is 0.0515. The third kappa shape index (κ3) is 4.20. The Bertz CT molecular complexity index is 616. The van der Waals surface area contributed by atoms with Crippen LogP contribution in [0.3, 0.4) is 0 Å². The van der Waals surface area contributed by atoms with E-state index < -0.39 is 0 Å². The third-order valence-electron chi connectivity index (χ3n) is 3.14. The van der Waals surface area contributed by atoms with Crippen molar-refractivity contribution in [3.63, 3.8) is 0 Å². The lowest BCUT2D eigenvalue weighted by Crippen LogP contribution is -2.13. The number of aromatic hydroxyl groups is 1. The number of aliphatic hydroxyl groups is 1. The summed E-state index contributed by atoms with van der Waals surface area (Å²) in [7, 11) is 1.53. The number of hydrogen-bond donors (Lipinski definition) is 3. The largest absolute Gasteiger partial charge is 0.503 e. The molecule has 0 fully saturated rings. The maximum absolute atomic E-state index is 9.77. The molecule has 2 aromatic carbocycles. The Hall–Kier alpha value is -1.56. The van der Waals surface area contributed by atoms with Gasteiger partial charge in [-0.3, -0.25) is 0 Å². The first-order valence-electron chi connectivity index (χ1n) is 6.59. The summed E-state index contributed by atoms with van der Waals surface area (Å²) in [5.74, 6) is 0.556. The fourth-order valence-corrected chi connectivity index (χ4v) is 2.56. The normalized spacial score (nSPS) is 10.6. The van der Waals surface area contributed by atoms with E-state index in [0.717, 1.165) is 16.7 Å². The number of aliphatic hydroxyl groups excluding tert-OH is 1. The molecule has 0 bridgehead atoms. The molecular formula is C16H18BrNO3. The molecule has 21 heavy (non-hydrogen) atoms. The van der Waals surface area contributed by atoms with E-state index in [4.69, 9.17) is 9.84 Å². The fourth-order valence-electron chi connectivity index (χ4n) is 2.07. The summed E-state index contributed by atoms with van der Waals surface area (Å²) in [5, 5.41) is 22.2. The Labute approximate surface area is 132 Å². The van der Waals surface area contributed by atoms with E-state index >= 15 is 0 Å². The van der Waals surface area contributed by atoms with Crippen LogP contribution in [0.1, 0.15) is 16.7 Å². The van der Waals surface area contributed by atoms with Crippen molar-refractivity contribution in [1.82, 2.24) is 5.32 Å². The number of halogens is 1. The molecule has 0 spiro atoms. The molecule has 2 rings (SSSR count). The molecule has 112 valence electrons. The Morgan fingerprint density at radius 2 is 1.81 bits per heavy atom. The maximum atomic E-state index is 9.77. The minimum absolute atomic E-state index is 0.0515. The first-order chi connectivity index (χ1) is 10.1. The molecule has 5 heteroatoms. The van der Waals surface area contributed by atoms with Crippen molar-refractivity contribution >= 4 is 15.9 Å². The lowest BCUT2D eigenvalue weighted by atomic mass is 10.1. The first-order valence-corrected chi connectivity index (χ1v) is 7.38. The van der Waals surface area contributed by atoms with Gasteiger partial charge in [-0.2, -0.15) is 0 Å². The van der Waals surface area contributed by atoms with Crippen LogP contribution in [0.15, 0.2) is 40.9 Å². The summed E-state index contributed by atoms with van der Waals surface area (Å²) in [5.41, 5.74) is 3.03. The van der Waals surface area contributed by atoms with Crippen molar-refractivity contribution in [1.29, 1.82) is 0 Å². The molecular weight excluding hydrogens is 334 g/mol. The average Bonchev–Trinajstić information content (AvgIpc) is 2.50. The van der Waals surface area contributed by atoms with Crippen LogP contribution in [0.5, 0.6) is 11.5 Å². The highest BCUT2D eigenvalue weighted by Gasteiger charge is 2.08. The van der Waals surface area contributed by atoms with Crippen LogP contribution in [-0.2, 0) is 19.7 Å². The third-order valence-corrected chi connectivity index (χ3v) is 3.74. The number of phenolic OH excluding ortho intramolecular Hbond substituents is 1. The highest BCUT2D eigenvalue weighted by Crippen LogP contribution is 2.35. The molecule has 3 N–H and O–H groups in total. The van der Waals surface area contributed by atoms with Crippen LogP contribution >= 0.6 is 15.9 Å². The van der Waals surface area contributed by atoms with Gasteiger partial charge in [-0.15, -0.1) is 0 Å². The summed E-state index contributed by atoms with van der Waals surface area (Å²) in [4.78, 5) is 0. The van der Waals surface area contributed by atoms with E-state index in [1.165, 1.54) is 7.11 Å². The van der Waals surface area contributed by atoms with Crippen LogP contribution in [0.2, 0.25) is 0 Å². The number of hydrogen-bond acceptors (Lipinski definition) is 4. The number of benzene rings is 2. The van der Waals surface area contributed by atoms with Gasteiger partial charge in [0.05, 0.1) is 18.2 Å². The van der Waals surface area contributed by atoms with Crippen LogP contribution in [0, 0.1) is 0 Å². The second-order valence-electron chi connectivity index (χ2n) is 4.71. The lowest BCUT2D eigenvalue weighted by Gasteiger charge is -2.10. The van der Waals surface area contributed by atoms with Gasteiger partial charge in [0.15, 0.2) is 11.5 Å². The van der Waals surface area contributed by atoms with E-state index in [9.17, 15) is 5.11 Å². The highest BCUT2D eigenvalue weighted by molar-refractivity contribution is 9.10. The van der Waals surface area contributed by atoms with Crippen LogP contribution in [-0.4, -0.2) is 17.3 Å². The monoisotopic (exact) mass is 351 g/mol. The zero-order valence-electron chi connectivity index (χ0n) is 11.8. The van der Waals surface area contributed by atoms with Crippen LogP contribution < -0.4 is 10.1 Å². The standard InChI is InChI=1S/C16H18BrNO3/c1-21-15-7-13(6-14(17)16(15)20)9-18-8-11-3-2-4-12(5-11)10-19/h2-7,18-20H,8-10H2,1H3. The topological polar surface area (TPSA) is 61.7 Å². The van der Waals surface area contributed by atoms with Crippen molar-refractivity contribution < 1.29 is 14.9 Å². The van der Waals surface area contributed by atoms with E-state index in [-0.39, 0.29) is 12.4 Å². The molecule has 0 aliphatic carbocycles. The van der Waals surface area contributed by atoms with E-state index in [0.29, 0.717) is 23.3 Å². The molecule has 0 aliphatic rings. The summed E-state index contributed by atoms with van der Waals surface area (Å²) < 4.78 is 5.74. The van der Waals surface area contributed by atoms with Crippen LogP contribution in [0.4, 0.5) is 0 Å². The van der Waals surface area contributed by atoms with E-state index in [2.05, 4.69) is 21.2 Å². The van der Waals surface area contributed by atoms with Gasteiger partial charge in [-0.05, 0) is 44.8 Å². The number of rotatable bonds is 6. The average molecular weight is 352 g/mol. The molecule has 0 saturated heterocycles. The van der Waals surface area contributed by atoms with E-state index in [1.54, 1.807) is 6.07 Å². The zero-order valence-corrected chi connectivity index (χ0v) is 13.4. The molecule has 0 unspecified atom stereocenters. The first kappa shape index (κ1) is 15.8. The molecule has 0 aliphatic heterocycles. The fraction of sp³-hybridized carbons (Fsp3) is 0.250. The number of methoxy groups -OCH3 is 1. The molecule has 4 nitrogen and oxygen atoms in total.